The number of aromatic nitrogens is 2. The largest absolute Gasteiger partial charge is 0.293 e. The number of thiophene rings is 1. The molecule has 1 aliphatic heterocycles. The van der Waals surface area contributed by atoms with Gasteiger partial charge in [0.05, 0.1) is 15.5 Å². The Hall–Kier alpha value is -2.22. The second-order valence-electron chi connectivity index (χ2n) is 7.08. The van der Waals surface area contributed by atoms with Crippen molar-refractivity contribution < 1.29 is 4.79 Å². The van der Waals surface area contributed by atoms with Crippen LogP contribution in [0.2, 0.25) is 0 Å². The monoisotopic (exact) mass is 453 g/mol. The lowest BCUT2D eigenvalue weighted by molar-refractivity contribution is -0.122. The molecule has 0 radical (unpaired) electrons. The Morgan fingerprint density at radius 3 is 2.67 bits per heavy atom. The Balaban J connectivity index is 1.63. The molecule has 3 heterocycles. The maximum Gasteiger partial charge on any atom is 0.266 e. The van der Waals surface area contributed by atoms with Gasteiger partial charge in [-0.05, 0) is 36.1 Å². The summed E-state index contributed by atoms with van der Waals surface area (Å²) in [5.41, 5.74) is 2.79. The van der Waals surface area contributed by atoms with Crippen molar-refractivity contribution in [1.82, 2.24) is 14.7 Å². The molecule has 0 bridgehead atoms. The standard InChI is InChI=1S/C23H23N3OS3/c1-2-3-4-8-13-25-22(27)20(30-23(25)28)15-17-16-26(18-10-6-5-7-11-18)24-21(17)19-12-9-14-29-19/h5-7,9-12,14-16H,2-4,8,13H2,1H3. The number of amides is 1. The minimum Gasteiger partial charge on any atom is -0.293 e. The molecule has 1 aromatic carbocycles. The first kappa shape index (κ1) is 21.0. The van der Waals surface area contributed by atoms with Gasteiger partial charge in [0.1, 0.15) is 10.0 Å². The van der Waals surface area contributed by atoms with Gasteiger partial charge in [-0.1, -0.05) is 74.4 Å². The van der Waals surface area contributed by atoms with Gasteiger partial charge in [-0.25, -0.2) is 4.68 Å². The van der Waals surface area contributed by atoms with Crippen molar-refractivity contribution in [2.24, 2.45) is 0 Å². The first-order valence-electron chi connectivity index (χ1n) is 10.1. The molecule has 1 fully saturated rings. The van der Waals surface area contributed by atoms with Crippen LogP contribution in [0.25, 0.3) is 22.3 Å². The number of hydrogen-bond acceptors (Lipinski definition) is 5. The van der Waals surface area contributed by atoms with Crippen molar-refractivity contribution in [2.45, 2.75) is 32.6 Å². The Labute approximate surface area is 190 Å². The fraction of sp³-hybridized carbons (Fsp3) is 0.261. The smallest absolute Gasteiger partial charge is 0.266 e. The van der Waals surface area contributed by atoms with Crippen LogP contribution in [0.1, 0.15) is 38.2 Å². The highest BCUT2D eigenvalue weighted by molar-refractivity contribution is 8.26. The molecule has 154 valence electrons. The number of thioether (sulfide) groups is 1. The Morgan fingerprint density at radius 2 is 1.93 bits per heavy atom. The number of hydrogen-bond donors (Lipinski definition) is 0. The van der Waals surface area contributed by atoms with E-state index in [4.69, 9.17) is 17.3 Å². The van der Waals surface area contributed by atoms with E-state index in [-0.39, 0.29) is 5.91 Å². The van der Waals surface area contributed by atoms with Gasteiger partial charge >= 0.3 is 0 Å². The summed E-state index contributed by atoms with van der Waals surface area (Å²) in [7, 11) is 0. The molecule has 3 aromatic rings. The van der Waals surface area contributed by atoms with Crippen LogP contribution in [-0.4, -0.2) is 31.5 Å². The first-order chi connectivity index (χ1) is 14.7. The Morgan fingerprint density at radius 1 is 1.10 bits per heavy atom. The van der Waals surface area contributed by atoms with E-state index in [9.17, 15) is 4.79 Å². The van der Waals surface area contributed by atoms with Crippen molar-refractivity contribution >= 4 is 51.6 Å². The molecule has 0 spiro atoms. The molecular weight excluding hydrogens is 430 g/mol. The Kier molecular flexibility index (Phi) is 6.82. The summed E-state index contributed by atoms with van der Waals surface area (Å²) in [5.74, 6) is 0.00564. The topological polar surface area (TPSA) is 38.1 Å². The second-order valence-corrected chi connectivity index (χ2v) is 9.71. The zero-order chi connectivity index (χ0) is 20.9. The molecule has 0 atom stereocenters. The van der Waals surface area contributed by atoms with Gasteiger partial charge in [-0.3, -0.25) is 9.69 Å². The van der Waals surface area contributed by atoms with E-state index in [0.29, 0.717) is 15.8 Å². The number of thiocarbonyl (C=S) groups is 1. The van der Waals surface area contributed by atoms with Crippen LogP contribution in [0.15, 0.2) is 58.9 Å². The molecule has 1 saturated heterocycles. The van der Waals surface area contributed by atoms with Gasteiger partial charge in [0.2, 0.25) is 0 Å². The van der Waals surface area contributed by atoms with E-state index >= 15 is 0 Å². The van der Waals surface area contributed by atoms with Crippen molar-refractivity contribution in [3.63, 3.8) is 0 Å². The number of carbonyl (C=O) groups excluding carboxylic acids is 1. The average molecular weight is 454 g/mol. The quantitative estimate of drug-likeness (QED) is 0.225. The molecule has 0 N–H and O–H groups in total. The molecule has 2 aromatic heterocycles. The van der Waals surface area contributed by atoms with E-state index in [0.717, 1.165) is 34.7 Å². The lowest BCUT2D eigenvalue weighted by atomic mass is 10.2. The molecule has 4 nitrogen and oxygen atoms in total. The molecule has 1 aliphatic rings. The maximum atomic E-state index is 13.0. The molecule has 4 rings (SSSR count). The third kappa shape index (κ3) is 4.58. The Bertz CT molecular complexity index is 1050. The summed E-state index contributed by atoms with van der Waals surface area (Å²) in [5, 5.41) is 6.85. The predicted molar refractivity (Wildman–Crippen MR) is 131 cm³/mol. The molecule has 0 aliphatic carbocycles. The van der Waals surface area contributed by atoms with Gasteiger partial charge in [-0.15, -0.1) is 11.3 Å². The normalized spacial score (nSPS) is 15.5. The highest BCUT2D eigenvalue weighted by Crippen LogP contribution is 2.36. The molecule has 7 heteroatoms. The van der Waals surface area contributed by atoms with Gasteiger partial charge in [0.15, 0.2) is 0 Å². The maximum absolute atomic E-state index is 13.0. The van der Waals surface area contributed by atoms with E-state index < -0.39 is 0 Å². The van der Waals surface area contributed by atoms with E-state index in [1.54, 1.807) is 16.2 Å². The summed E-state index contributed by atoms with van der Waals surface area (Å²) in [6, 6.07) is 14.1. The minimum absolute atomic E-state index is 0.00564. The zero-order valence-electron chi connectivity index (χ0n) is 16.8. The third-order valence-electron chi connectivity index (χ3n) is 4.91. The fourth-order valence-corrected chi connectivity index (χ4v) is 5.37. The lowest BCUT2D eigenvalue weighted by Crippen LogP contribution is -2.28. The highest BCUT2D eigenvalue weighted by atomic mass is 32.2. The van der Waals surface area contributed by atoms with Gasteiger partial charge < -0.3 is 0 Å². The minimum atomic E-state index is 0.00564. The molecule has 0 unspecified atom stereocenters. The van der Waals surface area contributed by atoms with Crippen LogP contribution in [-0.2, 0) is 4.79 Å². The molecular formula is C23H23N3OS3. The van der Waals surface area contributed by atoms with Gasteiger partial charge in [-0.2, -0.15) is 5.10 Å². The number of rotatable bonds is 8. The zero-order valence-corrected chi connectivity index (χ0v) is 19.2. The average Bonchev–Trinajstić information content (AvgIpc) is 3.48. The summed E-state index contributed by atoms with van der Waals surface area (Å²) in [6.07, 6.45) is 8.40. The van der Waals surface area contributed by atoms with Crippen molar-refractivity contribution in [1.29, 1.82) is 0 Å². The number of para-hydroxylation sites is 1. The molecule has 30 heavy (non-hydrogen) atoms. The van der Waals surface area contributed by atoms with Crippen LogP contribution in [0.3, 0.4) is 0 Å². The SMILES string of the molecule is CCCCCCN1C(=O)C(=Cc2cn(-c3ccccc3)nc2-c2cccs2)SC1=S. The predicted octanol–water partition coefficient (Wildman–Crippen LogP) is 6.38. The summed E-state index contributed by atoms with van der Waals surface area (Å²) < 4.78 is 2.52. The van der Waals surface area contributed by atoms with Gasteiger partial charge in [0.25, 0.3) is 5.91 Å². The van der Waals surface area contributed by atoms with Crippen LogP contribution in [0, 0.1) is 0 Å². The summed E-state index contributed by atoms with van der Waals surface area (Å²) in [4.78, 5) is 16.5. The molecule has 0 saturated carbocycles. The van der Waals surface area contributed by atoms with Crippen LogP contribution in [0.4, 0.5) is 0 Å². The number of nitrogens with zero attached hydrogens (tertiary/aromatic N) is 3. The second kappa shape index (κ2) is 9.73. The van der Waals surface area contributed by atoms with Crippen LogP contribution in [0.5, 0.6) is 0 Å². The lowest BCUT2D eigenvalue weighted by Gasteiger charge is -2.13. The molecule has 1 amide bonds. The van der Waals surface area contributed by atoms with Crippen molar-refractivity contribution in [3.8, 4) is 16.3 Å². The fourth-order valence-electron chi connectivity index (χ4n) is 3.34. The summed E-state index contributed by atoms with van der Waals surface area (Å²) in [6.45, 7) is 2.88. The number of benzene rings is 1. The number of unbranched alkanes of at least 4 members (excludes halogenated alkanes) is 3. The number of carbonyl (C=O) groups is 1. The van der Waals surface area contributed by atoms with Crippen molar-refractivity contribution in [2.75, 3.05) is 6.54 Å². The van der Waals surface area contributed by atoms with E-state index in [1.807, 2.05) is 58.7 Å². The van der Waals surface area contributed by atoms with Gasteiger partial charge in [0, 0.05) is 18.3 Å². The van der Waals surface area contributed by atoms with E-state index in [2.05, 4.69) is 13.0 Å². The van der Waals surface area contributed by atoms with Crippen molar-refractivity contribution in [3.05, 3.63) is 64.5 Å². The van der Waals surface area contributed by atoms with Crippen LogP contribution >= 0.6 is 35.3 Å². The van der Waals surface area contributed by atoms with E-state index in [1.165, 1.54) is 24.6 Å². The summed E-state index contributed by atoms with van der Waals surface area (Å²) >= 11 is 8.52. The highest BCUT2D eigenvalue weighted by Gasteiger charge is 2.32. The third-order valence-corrected chi connectivity index (χ3v) is 7.17. The first-order valence-corrected chi connectivity index (χ1v) is 12.2. The van der Waals surface area contributed by atoms with Crippen LogP contribution < -0.4 is 0 Å².